The number of Topliss-reactive ketones (excluding diaryl/α,β-unsaturated/α-hetero) is 1. The molecule has 0 saturated carbocycles. The average Bonchev–Trinajstić information content (AvgIpc) is 3.09. The van der Waals surface area contributed by atoms with Gasteiger partial charge in [-0.15, -0.1) is 0 Å². The molecular formula is C24H25F2N3O2. The summed E-state index contributed by atoms with van der Waals surface area (Å²) in [6.45, 7) is 3.57. The van der Waals surface area contributed by atoms with Crippen molar-refractivity contribution in [2.45, 2.75) is 37.4 Å². The van der Waals surface area contributed by atoms with Crippen LogP contribution in [0.4, 0.5) is 14.5 Å². The molecule has 0 bridgehead atoms. The smallest absolute Gasteiger partial charge is 0.176 e. The number of hydrazone groups is 1. The molecule has 0 amide bonds. The van der Waals surface area contributed by atoms with Crippen LogP contribution in [0.2, 0.25) is 0 Å². The molecule has 3 aliphatic heterocycles. The van der Waals surface area contributed by atoms with Gasteiger partial charge in [0, 0.05) is 26.1 Å². The first-order valence-electron chi connectivity index (χ1n) is 10.7. The van der Waals surface area contributed by atoms with Crippen LogP contribution in [0.3, 0.4) is 0 Å². The second kappa shape index (κ2) is 7.71. The lowest BCUT2D eigenvalue weighted by molar-refractivity contribution is -0.111. The molecule has 0 N–H and O–H groups in total. The van der Waals surface area contributed by atoms with Crippen LogP contribution in [0.15, 0.2) is 53.6 Å². The van der Waals surface area contributed by atoms with Crippen molar-refractivity contribution in [2.75, 3.05) is 31.3 Å². The summed E-state index contributed by atoms with van der Waals surface area (Å²) >= 11 is 0. The maximum atomic E-state index is 14.1. The van der Waals surface area contributed by atoms with Crippen LogP contribution < -0.4 is 9.75 Å². The summed E-state index contributed by atoms with van der Waals surface area (Å²) in [5, 5.41) is 6.52. The lowest BCUT2D eigenvalue weighted by atomic mass is 9.67. The van der Waals surface area contributed by atoms with Crippen LogP contribution in [0.25, 0.3) is 0 Å². The van der Waals surface area contributed by atoms with Crippen molar-refractivity contribution in [3.05, 3.63) is 59.9 Å². The van der Waals surface area contributed by atoms with E-state index in [9.17, 15) is 13.6 Å². The first-order valence-corrected chi connectivity index (χ1v) is 10.7. The molecule has 0 aliphatic carbocycles. The number of rotatable bonds is 6. The topological polar surface area (TPSA) is 45.1 Å². The largest absolute Gasteiger partial charge is 0.489 e. The van der Waals surface area contributed by atoms with Crippen molar-refractivity contribution >= 4 is 17.2 Å². The van der Waals surface area contributed by atoms with E-state index in [1.54, 1.807) is 11.1 Å². The van der Waals surface area contributed by atoms with Gasteiger partial charge in [-0.3, -0.25) is 14.7 Å². The molecule has 31 heavy (non-hydrogen) atoms. The molecule has 1 fully saturated rings. The third-order valence-electron chi connectivity index (χ3n) is 6.64. The van der Waals surface area contributed by atoms with E-state index >= 15 is 0 Å². The molecule has 2 aromatic carbocycles. The quantitative estimate of drug-likeness (QED) is 0.708. The number of fused-ring (bicyclic) bond motifs is 3. The summed E-state index contributed by atoms with van der Waals surface area (Å²) in [7, 11) is 0. The summed E-state index contributed by atoms with van der Waals surface area (Å²) < 4.78 is 33.3. The maximum absolute atomic E-state index is 14.1. The van der Waals surface area contributed by atoms with Crippen LogP contribution in [-0.2, 0) is 10.2 Å². The highest BCUT2D eigenvalue weighted by molar-refractivity contribution is 6.43. The van der Waals surface area contributed by atoms with Crippen molar-refractivity contribution in [1.82, 2.24) is 4.90 Å². The Kier molecular flexibility index (Phi) is 5.01. The molecule has 0 radical (unpaired) electrons. The molecule has 3 heterocycles. The predicted octanol–water partition coefficient (Wildman–Crippen LogP) is 3.72. The minimum Gasteiger partial charge on any atom is -0.489 e. The van der Waals surface area contributed by atoms with Crippen LogP contribution >= 0.6 is 0 Å². The van der Waals surface area contributed by atoms with Crippen LogP contribution in [0, 0.1) is 5.82 Å². The van der Waals surface area contributed by atoms with E-state index in [4.69, 9.17) is 9.84 Å². The second-order valence-corrected chi connectivity index (χ2v) is 8.59. The fourth-order valence-electron chi connectivity index (χ4n) is 5.18. The minimum absolute atomic E-state index is 0.107. The molecule has 7 heteroatoms. The van der Waals surface area contributed by atoms with Gasteiger partial charge in [-0.1, -0.05) is 30.3 Å². The average molecular weight is 425 g/mol. The number of benzene rings is 2. The number of nitrogens with zero attached hydrogens (tertiary/aromatic N) is 3. The van der Waals surface area contributed by atoms with E-state index in [1.807, 2.05) is 30.3 Å². The molecule has 0 unspecified atom stereocenters. The fourth-order valence-corrected chi connectivity index (χ4v) is 5.18. The number of hydrogen-bond acceptors (Lipinski definition) is 5. The number of likely N-dealkylation sites (tertiary alicyclic amines) is 1. The maximum Gasteiger partial charge on any atom is 0.176 e. The van der Waals surface area contributed by atoms with Gasteiger partial charge in [0.15, 0.2) is 5.78 Å². The van der Waals surface area contributed by atoms with Crippen molar-refractivity contribution in [3.8, 4) is 5.75 Å². The predicted molar refractivity (Wildman–Crippen MR) is 115 cm³/mol. The number of carbonyl (C=O) groups excluding carboxylic acids is 1. The Morgan fingerprint density at radius 3 is 2.71 bits per heavy atom. The molecule has 5 nitrogen and oxygen atoms in total. The highest BCUT2D eigenvalue weighted by Gasteiger charge is 2.55. The summed E-state index contributed by atoms with van der Waals surface area (Å²) in [5.74, 6) is 0.0741. The fraction of sp³-hybridized carbons (Fsp3) is 0.417. The van der Waals surface area contributed by atoms with Gasteiger partial charge in [0.05, 0.1) is 5.41 Å². The molecule has 1 saturated heterocycles. The lowest BCUT2D eigenvalue weighted by Gasteiger charge is -2.42. The summed E-state index contributed by atoms with van der Waals surface area (Å²) in [6.07, 6.45) is 0.712. The van der Waals surface area contributed by atoms with Gasteiger partial charge in [0.1, 0.15) is 41.8 Å². The summed E-state index contributed by atoms with van der Waals surface area (Å²) in [6, 6.07) is 14.0. The van der Waals surface area contributed by atoms with Gasteiger partial charge in [-0.2, -0.15) is 5.10 Å². The first-order chi connectivity index (χ1) is 15.0. The van der Waals surface area contributed by atoms with Crippen LogP contribution in [-0.4, -0.2) is 54.8 Å². The normalized spacial score (nSPS) is 25.3. The number of carbonyl (C=O) groups is 1. The molecule has 0 spiro atoms. The Labute approximate surface area is 180 Å². The van der Waals surface area contributed by atoms with Crippen molar-refractivity contribution in [3.63, 3.8) is 0 Å². The van der Waals surface area contributed by atoms with E-state index in [-0.39, 0.29) is 17.6 Å². The number of hydrogen-bond donors (Lipinski definition) is 0. The lowest BCUT2D eigenvalue weighted by Crippen LogP contribution is -2.54. The zero-order valence-electron chi connectivity index (χ0n) is 17.4. The zero-order chi connectivity index (χ0) is 21.6. The Hall–Kier alpha value is -2.80. The Bertz CT molecular complexity index is 1020. The monoisotopic (exact) mass is 425 g/mol. The van der Waals surface area contributed by atoms with Gasteiger partial charge >= 0.3 is 0 Å². The SMILES string of the molecule is CC(=O)C1=NN2c3cc(F)ccc3OC[C@@H]2[C@]1(CCCN1CC(F)C1)c1ccccc1. The molecular weight excluding hydrogens is 400 g/mol. The molecule has 2 atom stereocenters. The second-order valence-electron chi connectivity index (χ2n) is 8.59. The third-order valence-corrected chi connectivity index (χ3v) is 6.64. The van der Waals surface area contributed by atoms with Crippen LogP contribution in [0.1, 0.15) is 25.3 Å². The Balaban J connectivity index is 1.55. The van der Waals surface area contributed by atoms with Gasteiger partial charge in [-0.25, -0.2) is 8.78 Å². The van der Waals surface area contributed by atoms with E-state index in [1.165, 1.54) is 19.1 Å². The van der Waals surface area contributed by atoms with Gasteiger partial charge in [0.2, 0.25) is 0 Å². The summed E-state index contributed by atoms with van der Waals surface area (Å²) in [5.41, 5.74) is 1.32. The molecule has 5 rings (SSSR count). The van der Waals surface area contributed by atoms with Gasteiger partial charge in [0.25, 0.3) is 0 Å². The van der Waals surface area contributed by atoms with Gasteiger partial charge < -0.3 is 4.74 Å². The standard InChI is InChI=1S/C24H25F2N3O2/c1-16(30)23-24(17-6-3-2-4-7-17,10-5-11-28-13-19(26)14-28)22-15-31-21-9-8-18(25)12-20(21)29(22)27-23/h2-4,6-9,12,19,22H,5,10-11,13-15H2,1H3/t22-,24+/m1/s1. The van der Waals surface area contributed by atoms with Gasteiger partial charge in [-0.05, 0) is 37.1 Å². The molecule has 0 aromatic heterocycles. The highest BCUT2D eigenvalue weighted by atomic mass is 19.1. The number of halogens is 2. The highest BCUT2D eigenvalue weighted by Crippen LogP contribution is 2.48. The minimum atomic E-state index is -0.738. The zero-order valence-corrected chi connectivity index (χ0v) is 17.4. The Morgan fingerprint density at radius 1 is 1.23 bits per heavy atom. The van der Waals surface area contributed by atoms with Crippen LogP contribution in [0.5, 0.6) is 5.75 Å². The first kappa shape index (κ1) is 20.1. The van der Waals surface area contributed by atoms with E-state index in [0.717, 1.165) is 18.5 Å². The molecule has 3 aliphatic rings. The van der Waals surface area contributed by atoms with Crippen molar-refractivity contribution in [1.29, 1.82) is 0 Å². The number of anilines is 1. The molecule has 2 aromatic rings. The Morgan fingerprint density at radius 2 is 2.00 bits per heavy atom. The third kappa shape index (κ3) is 3.31. The van der Waals surface area contributed by atoms with Crippen molar-refractivity contribution < 1.29 is 18.3 Å². The molecule has 162 valence electrons. The van der Waals surface area contributed by atoms with Crippen molar-refractivity contribution in [2.24, 2.45) is 5.10 Å². The summed E-state index contributed by atoms with van der Waals surface area (Å²) in [4.78, 5) is 14.9. The number of alkyl halides is 1. The number of ketones is 1. The number of ether oxygens (including phenoxy) is 1. The van der Waals surface area contributed by atoms with E-state index in [0.29, 0.717) is 43.3 Å². The van der Waals surface area contributed by atoms with E-state index < -0.39 is 11.6 Å². The van der Waals surface area contributed by atoms with E-state index in [2.05, 4.69) is 4.90 Å².